The molecule has 2 N–H and O–H groups in total. The van der Waals surface area contributed by atoms with E-state index in [2.05, 4.69) is 44.6 Å². The van der Waals surface area contributed by atoms with Crippen LogP contribution in [0.15, 0.2) is 47.6 Å². The van der Waals surface area contributed by atoms with Gasteiger partial charge in [0.1, 0.15) is 5.75 Å². The normalized spacial score (nSPS) is 15.3. The van der Waals surface area contributed by atoms with Crippen molar-refractivity contribution in [1.29, 1.82) is 0 Å². The molecular formula is C24H36IN5O3. The number of hydrogen-bond acceptors (Lipinski definition) is 6. The van der Waals surface area contributed by atoms with E-state index >= 15 is 0 Å². The highest BCUT2D eigenvalue weighted by Gasteiger charge is 2.23. The fourth-order valence-corrected chi connectivity index (χ4v) is 3.58. The predicted octanol–water partition coefficient (Wildman–Crippen LogP) is 3.24. The third-order valence-corrected chi connectivity index (χ3v) is 5.39. The predicted molar refractivity (Wildman–Crippen MR) is 142 cm³/mol. The molecule has 8 nitrogen and oxygen atoms in total. The van der Waals surface area contributed by atoms with E-state index in [-0.39, 0.29) is 30.0 Å². The van der Waals surface area contributed by atoms with Crippen LogP contribution in [0, 0.1) is 0 Å². The summed E-state index contributed by atoms with van der Waals surface area (Å²) < 4.78 is 16.4. The first-order valence-electron chi connectivity index (χ1n) is 11.2. The van der Waals surface area contributed by atoms with Gasteiger partial charge in [-0.05, 0) is 29.7 Å². The molecule has 0 saturated carbocycles. The van der Waals surface area contributed by atoms with E-state index in [4.69, 9.17) is 14.2 Å². The highest BCUT2D eigenvalue weighted by atomic mass is 127. The Balaban J connectivity index is 0.00000385. The number of guanidine groups is 1. The summed E-state index contributed by atoms with van der Waals surface area (Å²) in [5.41, 5.74) is 2.30. The molecule has 2 heterocycles. The molecule has 1 aromatic heterocycles. The zero-order chi connectivity index (χ0) is 22.6. The summed E-state index contributed by atoms with van der Waals surface area (Å²) in [6.45, 7) is 7.44. The zero-order valence-electron chi connectivity index (χ0n) is 19.8. The molecule has 1 unspecified atom stereocenters. The summed E-state index contributed by atoms with van der Waals surface area (Å²) >= 11 is 0. The fourth-order valence-electron chi connectivity index (χ4n) is 3.58. The third-order valence-electron chi connectivity index (χ3n) is 5.39. The van der Waals surface area contributed by atoms with Gasteiger partial charge in [-0.1, -0.05) is 25.1 Å². The van der Waals surface area contributed by atoms with E-state index in [1.165, 1.54) is 5.56 Å². The second kappa shape index (κ2) is 14.9. The van der Waals surface area contributed by atoms with Crippen LogP contribution in [0.3, 0.4) is 0 Å². The standard InChI is InChI=1S/C24H35N5O3.HI/c1-4-13-32-23-10-5-19(16-26-23)17-27-24(25-2)28-18-22(29-11-14-31-15-12-29)20-6-8-21(30-3)9-7-20;/h5-10,16,22H,4,11-15,17-18H2,1-3H3,(H2,25,27,28);1H. The lowest BCUT2D eigenvalue weighted by Crippen LogP contribution is -2.46. The Labute approximate surface area is 214 Å². The SMILES string of the molecule is CCCOc1ccc(CNC(=NC)NCC(c2ccc(OC)cc2)N2CCOCC2)cn1.I. The minimum Gasteiger partial charge on any atom is -0.497 e. The molecule has 0 spiro atoms. The Kier molecular flexibility index (Phi) is 12.3. The Morgan fingerprint density at radius 2 is 1.91 bits per heavy atom. The van der Waals surface area contributed by atoms with Crippen LogP contribution in [-0.2, 0) is 11.3 Å². The Bertz CT molecular complexity index is 827. The van der Waals surface area contributed by atoms with E-state index < -0.39 is 0 Å². The van der Waals surface area contributed by atoms with Crippen LogP contribution in [0.5, 0.6) is 11.6 Å². The number of nitrogens with one attached hydrogen (secondary N) is 2. The minimum absolute atomic E-state index is 0. The summed E-state index contributed by atoms with van der Waals surface area (Å²) in [4.78, 5) is 11.2. The Hall–Kier alpha value is -2.11. The van der Waals surface area contributed by atoms with Gasteiger partial charge >= 0.3 is 0 Å². The van der Waals surface area contributed by atoms with Gasteiger partial charge in [0.15, 0.2) is 5.96 Å². The van der Waals surface area contributed by atoms with Crippen molar-refractivity contribution < 1.29 is 14.2 Å². The second-order valence-electron chi connectivity index (χ2n) is 7.60. The molecule has 0 bridgehead atoms. The number of hydrogen-bond donors (Lipinski definition) is 2. The molecule has 9 heteroatoms. The average molecular weight is 569 g/mol. The Morgan fingerprint density at radius 3 is 2.52 bits per heavy atom. The van der Waals surface area contributed by atoms with Gasteiger partial charge in [0.05, 0.1) is 33.0 Å². The first-order chi connectivity index (χ1) is 15.7. The number of benzene rings is 1. The van der Waals surface area contributed by atoms with Crippen LogP contribution in [0.25, 0.3) is 0 Å². The second-order valence-corrected chi connectivity index (χ2v) is 7.60. The molecule has 1 aromatic carbocycles. The van der Waals surface area contributed by atoms with Crippen molar-refractivity contribution in [2.24, 2.45) is 4.99 Å². The van der Waals surface area contributed by atoms with E-state index in [9.17, 15) is 0 Å². The maximum absolute atomic E-state index is 5.55. The van der Waals surface area contributed by atoms with Crippen molar-refractivity contribution in [2.75, 3.05) is 53.6 Å². The number of ether oxygens (including phenoxy) is 3. The number of pyridine rings is 1. The summed E-state index contributed by atoms with van der Waals surface area (Å²) in [5.74, 6) is 2.27. The number of rotatable bonds is 10. The van der Waals surface area contributed by atoms with Crippen LogP contribution in [0.4, 0.5) is 0 Å². The monoisotopic (exact) mass is 569 g/mol. The molecular weight excluding hydrogens is 533 g/mol. The van der Waals surface area contributed by atoms with Crippen LogP contribution in [0.1, 0.15) is 30.5 Å². The first-order valence-corrected chi connectivity index (χ1v) is 11.2. The van der Waals surface area contributed by atoms with Gasteiger partial charge in [-0.2, -0.15) is 0 Å². The first kappa shape index (κ1) is 27.1. The van der Waals surface area contributed by atoms with Crippen LogP contribution in [0.2, 0.25) is 0 Å². The van der Waals surface area contributed by atoms with Gasteiger partial charge in [0, 0.05) is 45.5 Å². The van der Waals surface area contributed by atoms with Gasteiger partial charge in [-0.3, -0.25) is 9.89 Å². The number of methoxy groups -OCH3 is 1. The molecule has 33 heavy (non-hydrogen) atoms. The fraction of sp³-hybridized carbons (Fsp3) is 0.500. The molecule has 0 aliphatic carbocycles. The average Bonchev–Trinajstić information content (AvgIpc) is 2.86. The molecule has 1 fully saturated rings. The molecule has 0 radical (unpaired) electrons. The van der Waals surface area contributed by atoms with Gasteiger partial charge < -0.3 is 24.8 Å². The largest absolute Gasteiger partial charge is 0.497 e. The lowest BCUT2D eigenvalue weighted by Gasteiger charge is -2.35. The van der Waals surface area contributed by atoms with Crippen molar-refractivity contribution >= 4 is 29.9 Å². The topological polar surface area (TPSA) is 80.2 Å². The highest BCUT2D eigenvalue weighted by Crippen LogP contribution is 2.23. The van der Waals surface area contributed by atoms with Gasteiger partial charge in [-0.15, -0.1) is 24.0 Å². The van der Waals surface area contributed by atoms with E-state index in [0.29, 0.717) is 19.0 Å². The van der Waals surface area contributed by atoms with E-state index in [1.807, 2.05) is 30.5 Å². The quantitative estimate of drug-likeness (QED) is 0.259. The maximum Gasteiger partial charge on any atom is 0.213 e. The van der Waals surface area contributed by atoms with Crippen LogP contribution < -0.4 is 20.1 Å². The van der Waals surface area contributed by atoms with Crippen LogP contribution in [-0.4, -0.2) is 69.5 Å². The number of morpholine rings is 1. The molecule has 182 valence electrons. The summed E-state index contributed by atoms with van der Waals surface area (Å²) in [6.07, 6.45) is 2.80. The van der Waals surface area contributed by atoms with E-state index in [0.717, 1.165) is 56.5 Å². The lowest BCUT2D eigenvalue weighted by atomic mass is 10.0. The van der Waals surface area contributed by atoms with Crippen molar-refractivity contribution in [1.82, 2.24) is 20.5 Å². The molecule has 1 aliphatic heterocycles. The van der Waals surface area contributed by atoms with Crippen molar-refractivity contribution in [3.05, 3.63) is 53.7 Å². The van der Waals surface area contributed by atoms with Gasteiger partial charge in [-0.25, -0.2) is 4.98 Å². The minimum atomic E-state index is 0. The molecule has 1 aliphatic rings. The summed E-state index contributed by atoms with van der Waals surface area (Å²) in [5, 5.41) is 6.85. The lowest BCUT2D eigenvalue weighted by molar-refractivity contribution is 0.0170. The number of halogens is 1. The molecule has 1 saturated heterocycles. The molecule has 0 amide bonds. The van der Waals surface area contributed by atoms with Gasteiger partial charge in [0.25, 0.3) is 0 Å². The molecule has 1 atom stereocenters. The number of aromatic nitrogens is 1. The summed E-state index contributed by atoms with van der Waals surface area (Å²) in [6, 6.07) is 12.4. The highest BCUT2D eigenvalue weighted by molar-refractivity contribution is 14.0. The molecule has 3 rings (SSSR count). The molecule has 2 aromatic rings. The maximum atomic E-state index is 5.55. The Morgan fingerprint density at radius 1 is 1.15 bits per heavy atom. The van der Waals surface area contributed by atoms with Crippen molar-refractivity contribution in [3.63, 3.8) is 0 Å². The zero-order valence-corrected chi connectivity index (χ0v) is 22.1. The van der Waals surface area contributed by atoms with Crippen molar-refractivity contribution in [2.45, 2.75) is 25.9 Å². The number of nitrogens with zero attached hydrogens (tertiary/aromatic N) is 3. The van der Waals surface area contributed by atoms with Gasteiger partial charge in [0.2, 0.25) is 5.88 Å². The van der Waals surface area contributed by atoms with Crippen LogP contribution >= 0.6 is 24.0 Å². The number of aliphatic imine (C=N–C) groups is 1. The smallest absolute Gasteiger partial charge is 0.213 e. The van der Waals surface area contributed by atoms with Crippen molar-refractivity contribution in [3.8, 4) is 11.6 Å². The summed E-state index contributed by atoms with van der Waals surface area (Å²) in [7, 11) is 3.47. The third kappa shape index (κ3) is 8.63. The van der Waals surface area contributed by atoms with E-state index in [1.54, 1.807) is 14.2 Å².